The number of carbonyl (C=O) groups is 1. The van der Waals surface area contributed by atoms with Gasteiger partial charge in [-0.05, 0) is 54.3 Å². The molecule has 0 spiro atoms. The predicted octanol–water partition coefficient (Wildman–Crippen LogP) is 4.13. The maximum absolute atomic E-state index is 13.4. The van der Waals surface area contributed by atoms with Gasteiger partial charge in [0, 0.05) is 17.5 Å². The van der Waals surface area contributed by atoms with Crippen molar-refractivity contribution in [1.82, 2.24) is 5.48 Å². The molecule has 1 amide bonds. The second kappa shape index (κ2) is 9.08. The Morgan fingerprint density at radius 2 is 1.96 bits per heavy atom. The van der Waals surface area contributed by atoms with Crippen LogP contribution in [-0.2, 0) is 16.0 Å². The molecule has 0 heterocycles. The van der Waals surface area contributed by atoms with Crippen LogP contribution in [-0.4, -0.2) is 24.3 Å². The second-order valence-electron chi connectivity index (χ2n) is 5.95. The zero-order valence-electron chi connectivity index (χ0n) is 14.1. The van der Waals surface area contributed by atoms with Crippen LogP contribution in [0.25, 0.3) is 0 Å². The average molecular weight is 410 g/mol. The van der Waals surface area contributed by atoms with Crippen LogP contribution < -0.4 is 5.48 Å². The maximum Gasteiger partial charge on any atom is 0.245 e. The van der Waals surface area contributed by atoms with Gasteiger partial charge in [-0.15, -0.1) is 0 Å². The lowest BCUT2D eigenvalue weighted by Gasteiger charge is -2.27. The fourth-order valence-corrected chi connectivity index (χ4v) is 3.18. The molecule has 0 aromatic heterocycles. The van der Waals surface area contributed by atoms with Crippen molar-refractivity contribution in [3.63, 3.8) is 0 Å². The third-order valence-corrected chi connectivity index (χ3v) is 4.83. The molecule has 0 aliphatic heterocycles. The second-order valence-corrected chi connectivity index (χ2v) is 6.86. The molecule has 6 heteroatoms. The number of aryl methyl sites for hydroxylation is 1. The summed E-state index contributed by atoms with van der Waals surface area (Å²) in [5.41, 5.74) is 4.49. The predicted molar refractivity (Wildman–Crippen MR) is 97.1 cm³/mol. The van der Waals surface area contributed by atoms with E-state index >= 15 is 0 Å². The Bertz CT molecular complexity index is 721. The molecular weight excluding hydrogens is 389 g/mol. The van der Waals surface area contributed by atoms with Crippen LogP contribution in [0.3, 0.4) is 0 Å². The monoisotopic (exact) mass is 409 g/mol. The van der Waals surface area contributed by atoms with E-state index in [1.807, 2.05) is 31.2 Å². The molecular formula is C19H21BrFNO3. The van der Waals surface area contributed by atoms with Crippen LogP contribution in [0.15, 0.2) is 46.9 Å². The van der Waals surface area contributed by atoms with Gasteiger partial charge in [0.2, 0.25) is 5.91 Å². The third kappa shape index (κ3) is 5.36. The van der Waals surface area contributed by atoms with Crippen LogP contribution >= 0.6 is 15.9 Å². The molecule has 25 heavy (non-hydrogen) atoms. The van der Waals surface area contributed by atoms with E-state index in [0.717, 1.165) is 21.2 Å². The molecule has 134 valence electrons. The van der Waals surface area contributed by atoms with Crippen LogP contribution in [0.2, 0.25) is 0 Å². The van der Waals surface area contributed by atoms with Gasteiger partial charge in [0.1, 0.15) is 5.82 Å². The lowest BCUT2D eigenvalue weighted by atomic mass is 9.84. The number of hydrogen-bond donors (Lipinski definition) is 2. The summed E-state index contributed by atoms with van der Waals surface area (Å²) >= 11 is 3.42. The largest absolute Gasteiger partial charge is 0.380 e. The number of nitrogens with one attached hydrogen (secondary N) is 1. The van der Waals surface area contributed by atoms with Crippen LogP contribution in [0.5, 0.6) is 0 Å². The molecule has 0 bridgehead atoms. The summed E-state index contributed by atoms with van der Waals surface area (Å²) in [7, 11) is 1.54. The molecule has 2 rings (SSSR count). The number of carbonyl (C=O) groups excluding carboxylic acids is 1. The van der Waals surface area contributed by atoms with Gasteiger partial charge in [-0.2, -0.15) is 0 Å². The highest BCUT2D eigenvalue weighted by Crippen LogP contribution is 2.30. The van der Waals surface area contributed by atoms with E-state index in [1.165, 1.54) is 12.1 Å². The van der Waals surface area contributed by atoms with Crippen molar-refractivity contribution < 1.29 is 19.1 Å². The number of benzene rings is 2. The first-order chi connectivity index (χ1) is 11.9. The van der Waals surface area contributed by atoms with Crippen molar-refractivity contribution in [3.05, 3.63) is 69.4 Å². The maximum atomic E-state index is 13.4. The number of methoxy groups -OCH3 is 1. The van der Waals surface area contributed by atoms with Gasteiger partial charge in [0.05, 0.1) is 12.5 Å². The van der Waals surface area contributed by atoms with Crippen LogP contribution in [0.1, 0.15) is 29.0 Å². The lowest BCUT2D eigenvalue weighted by Crippen LogP contribution is -2.31. The smallest absolute Gasteiger partial charge is 0.245 e. The number of halogens is 2. The summed E-state index contributed by atoms with van der Waals surface area (Å²) in [6.07, 6.45) is 0.177. The Morgan fingerprint density at radius 3 is 2.52 bits per heavy atom. The molecule has 0 radical (unpaired) electrons. The molecule has 0 fully saturated rings. The van der Waals surface area contributed by atoms with Crippen molar-refractivity contribution in [1.29, 1.82) is 0 Å². The molecule has 0 aliphatic rings. The SMILES string of the molecule is CO[C@@H](CC(=O)NO)[C@H](Cc1ccc(F)cc1C)c1ccc(Br)cc1. The molecule has 2 aromatic rings. The Balaban J connectivity index is 2.36. The van der Waals surface area contributed by atoms with Crippen LogP contribution in [0, 0.1) is 12.7 Å². The standard InChI is InChI=1S/C19H21BrFNO3/c1-12-9-16(21)8-5-14(12)10-17(13-3-6-15(20)7-4-13)18(25-2)11-19(23)22-24/h3-9,17-18,24H,10-11H2,1-2H3,(H,22,23)/t17-,18+/m1/s1. The van der Waals surface area contributed by atoms with Crippen molar-refractivity contribution in [3.8, 4) is 0 Å². The number of hydroxylamine groups is 1. The van der Waals surface area contributed by atoms with Crippen LogP contribution in [0.4, 0.5) is 4.39 Å². The Kier molecular flexibility index (Phi) is 7.11. The van der Waals surface area contributed by atoms with Gasteiger partial charge in [0.15, 0.2) is 0 Å². The van der Waals surface area contributed by atoms with Crippen molar-refractivity contribution >= 4 is 21.8 Å². The highest BCUT2D eigenvalue weighted by molar-refractivity contribution is 9.10. The zero-order chi connectivity index (χ0) is 18.4. The van der Waals surface area contributed by atoms with E-state index in [1.54, 1.807) is 18.7 Å². The highest BCUT2D eigenvalue weighted by atomic mass is 79.9. The minimum atomic E-state index is -0.509. The molecule has 2 N–H and O–H groups in total. The third-order valence-electron chi connectivity index (χ3n) is 4.31. The van der Waals surface area contributed by atoms with E-state index in [2.05, 4.69) is 15.9 Å². The van der Waals surface area contributed by atoms with Crippen molar-refractivity contribution in [2.45, 2.75) is 31.8 Å². The van der Waals surface area contributed by atoms with Gasteiger partial charge in [-0.3, -0.25) is 10.0 Å². The number of rotatable bonds is 7. The van der Waals surface area contributed by atoms with Gasteiger partial charge < -0.3 is 4.74 Å². The summed E-state index contributed by atoms with van der Waals surface area (Å²) in [6.45, 7) is 1.86. The molecule has 2 aromatic carbocycles. The van der Waals surface area contributed by atoms with Gasteiger partial charge in [-0.25, -0.2) is 9.87 Å². The summed E-state index contributed by atoms with van der Waals surface area (Å²) in [4.78, 5) is 11.6. The molecule has 0 saturated heterocycles. The fourth-order valence-electron chi connectivity index (χ4n) is 2.92. The topological polar surface area (TPSA) is 58.6 Å². The average Bonchev–Trinajstić information content (AvgIpc) is 2.60. The minimum Gasteiger partial charge on any atom is -0.380 e. The van der Waals surface area contributed by atoms with E-state index in [0.29, 0.717) is 6.42 Å². The molecule has 0 unspecified atom stereocenters. The molecule has 2 atom stereocenters. The van der Waals surface area contributed by atoms with E-state index in [9.17, 15) is 9.18 Å². The van der Waals surface area contributed by atoms with E-state index in [-0.39, 0.29) is 18.2 Å². The quantitative estimate of drug-likeness (QED) is 0.533. The van der Waals surface area contributed by atoms with E-state index < -0.39 is 12.0 Å². The van der Waals surface area contributed by atoms with Gasteiger partial charge >= 0.3 is 0 Å². The normalized spacial score (nSPS) is 13.3. The lowest BCUT2D eigenvalue weighted by molar-refractivity contribution is -0.132. The first kappa shape index (κ1) is 19.6. The fraction of sp³-hybridized carbons (Fsp3) is 0.316. The summed E-state index contributed by atoms with van der Waals surface area (Å²) in [5, 5.41) is 8.83. The minimum absolute atomic E-state index is 0.0218. The molecule has 0 aliphatic carbocycles. The first-order valence-electron chi connectivity index (χ1n) is 7.90. The number of hydrogen-bond acceptors (Lipinski definition) is 3. The number of amides is 1. The molecule has 4 nitrogen and oxygen atoms in total. The van der Waals surface area contributed by atoms with Crippen molar-refractivity contribution in [2.75, 3.05) is 7.11 Å². The van der Waals surface area contributed by atoms with E-state index in [4.69, 9.17) is 9.94 Å². The summed E-state index contributed by atoms with van der Waals surface area (Å²) in [6, 6.07) is 12.5. The van der Waals surface area contributed by atoms with Crippen molar-refractivity contribution in [2.24, 2.45) is 0 Å². The number of ether oxygens (including phenoxy) is 1. The van der Waals surface area contributed by atoms with Gasteiger partial charge in [-0.1, -0.05) is 34.1 Å². The summed E-state index contributed by atoms with van der Waals surface area (Å²) in [5.74, 6) is -0.909. The zero-order valence-corrected chi connectivity index (χ0v) is 15.7. The first-order valence-corrected chi connectivity index (χ1v) is 8.70. The highest BCUT2D eigenvalue weighted by Gasteiger charge is 2.26. The van der Waals surface area contributed by atoms with Gasteiger partial charge in [0.25, 0.3) is 0 Å². The Hall–Kier alpha value is -1.76. The Morgan fingerprint density at radius 1 is 1.28 bits per heavy atom. The Labute approximate surface area is 155 Å². The summed E-state index contributed by atoms with van der Waals surface area (Å²) < 4.78 is 19.9. The molecule has 0 saturated carbocycles.